The number of sulfonamides is 3. The first-order valence-corrected chi connectivity index (χ1v) is 18.3. The molecule has 2 N–H and O–H groups in total. The molecule has 5 rings (SSSR count). The van der Waals surface area contributed by atoms with Crippen LogP contribution in [0.25, 0.3) is 0 Å². The van der Waals surface area contributed by atoms with E-state index in [-0.39, 0.29) is 33.5 Å². The zero-order chi connectivity index (χ0) is 32.4. The molecule has 45 heavy (non-hydrogen) atoms. The second kappa shape index (κ2) is 12.7. The topological polar surface area (TPSA) is 150 Å². The second-order valence-corrected chi connectivity index (χ2v) is 16.0. The highest BCUT2D eigenvalue weighted by atomic mass is 32.2. The maximum atomic E-state index is 13.7. The van der Waals surface area contributed by atoms with Crippen molar-refractivity contribution in [3.8, 4) is 0 Å². The van der Waals surface area contributed by atoms with Crippen LogP contribution in [-0.2, 0) is 34.9 Å². The number of nitrogens with zero attached hydrogens (tertiary/aromatic N) is 2. The van der Waals surface area contributed by atoms with Gasteiger partial charge in [-0.1, -0.05) is 42.5 Å². The van der Waals surface area contributed by atoms with Crippen LogP contribution in [0.5, 0.6) is 0 Å². The highest BCUT2D eigenvalue weighted by molar-refractivity contribution is 7.92. The SMILES string of the molecule is Cc1ccc(NS(=O)(=O)c2ccc(NC(=O)[C@H]3CN(S(=O)(=O)c4ccccc4)CCN3S(=O)(=O)c3ccccc3)cc2)cc1C. The number of nitrogens with one attached hydrogen (secondary N) is 2. The summed E-state index contributed by atoms with van der Waals surface area (Å²) in [6.07, 6.45) is 0. The lowest BCUT2D eigenvalue weighted by Gasteiger charge is -2.38. The van der Waals surface area contributed by atoms with E-state index in [2.05, 4.69) is 10.0 Å². The Labute approximate surface area is 263 Å². The fourth-order valence-electron chi connectivity index (χ4n) is 4.89. The van der Waals surface area contributed by atoms with E-state index >= 15 is 0 Å². The van der Waals surface area contributed by atoms with E-state index < -0.39 is 48.6 Å². The molecule has 14 heteroatoms. The summed E-state index contributed by atoms with van der Waals surface area (Å²) in [5.41, 5.74) is 2.55. The highest BCUT2D eigenvalue weighted by Gasteiger charge is 2.43. The monoisotopic (exact) mass is 668 g/mol. The van der Waals surface area contributed by atoms with E-state index in [4.69, 9.17) is 0 Å². The minimum absolute atomic E-state index is 0.0229. The van der Waals surface area contributed by atoms with Crippen LogP contribution in [0.3, 0.4) is 0 Å². The number of amides is 1. The third kappa shape index (κ3) is 6.94. The average Bonchev–Trinajstić information content (AvgIpc) is 3.03. The molecule has 4 aromatic carbocycles. The van der Waals surface area contributed by atoms with Crippen molar-refractivity contribution in [1.82, 2.24) is 8.61 Å². The molecule has 236 valence electrons. The summed E-state index contributed by atoms with van der Waals surface area (Å²) >= 11 is 0. The molecule has 1 aliphatic heterocycles. The molecule has 0 aliphatic carbocycles. The largest absolute Gasteiger partial charge is 0.325 e. The molecule has 0 saturated carbocycles. The Morgan fingerprint density at radius 3 is 1.78 bits per heavy atom. The lowest BCUT2D eigenvalue weighted by Crippen LogP contribution is -2.60. The molecular formula is C31H32N4O7S3. The maximum absolute atomic E-state index is 13.7. The van der Waals surface area contributed by atoms with Crippen molar-refractivity contribution in [2.24, 2.45) is 0 Å². The van der Waals surface area contributed by atoms with E-state index in [1.807, 2.05) is 19.9 Å². The Hall–Kier alpha value is -4.08. The molecule has 0 spiro atoms. The molecule has 1 aliphatic rings. The van der Waals surface area contributed by atoms with Gasteiger partial charge in [-0.3, -0.25) is 9.52 Å². The van der Waals surface area contributed by atoms with Crippen LogP contribution in [0.1, 0.15) is 11.1 Å². The Balaban J connectivity index is 1.40. The van der Waals surface area contributed by atoms with E-state index in [9.17, 15) is 30.0 Å². The number of aryl methyl sites for hydroxylation is 2. The van der Waals surface area contributed by atoms with Gasteiger partial charge in [-0.25, -0.2) is 25.3 Å². The normalized spacial score (nSPS) is 16.6. The van der Waals surface area contributed by atoms with Crippen LogP contribution >= 0.6 is 0 Å². The van der Waals surface area contributed by atoms with Gasteiger partial charge in [0.2, 0.25) is 26.0 Å². The predicted molar refractivity (Wildman–Crippen MR) is 171 cm³/mol. The summed E-state index contributed by atoms with van der Waals surface area (Å²) in [6, 6.07) is 24.4. The van der Waals surface area contributed by atoms with Crippen molar-refractivity contribution >= 4 is 47.4 Å². The zero-order valence-electron chi connectivity index (χ0n) is 24.5. The standard InChI is InChI=1S/C31H32N4O7S3/c1-23-13-14-26(21-24(23)2)33-43(37,38)27-17-15-25(16-18-27)32-31(36)30-22-34(44(39,40)28-9-5-3-6-10-28)19-20-35(30)45(41,42)29-11-7-4-8-12-29/h3-18,21,30,33H,19-20,22H2,1-2H3,(H,32,36)/t30-/m1/s1. The Morgan fingerprint density at radius 1 is 0.644 bits per heavy atom. The summed E-state index contributed by atoms with van der Waals surface area (Å²) in [7, 11) is -12.2. The van der Waals surface area contributed by atoms with Gasteiger partial charge in [0.1, 0.15) is 6.04 Å². The van der Waals surface area contributed by atoms with Crippen molar-refractivity contribution in [3.63, 3.8) is 0 Å². The van der Waals surface area contributed by atoms with Gasteiger partial charge in [-0.05, 0) is 85.6 Å². The molecule has 11 nitrogen and oxygen atoms in total. The first kappa shape index (κ1) is 32.3. The van der Waals surface area contributed by atoms with Crippen molar-refractivity contribution in [1.29, 1.82) is 0 Å². The Morgan fingerprint density at radius 2 is 1.20 bits per heavy atom. The fourth-order valence-corrected chi connectivity index (χ4v) is 8.99. The number of anilines is 2. The summed E-state index contributed by atoms with van der Waals surface area (Å²) < 4.78 is 84.7. The third-order valence-electron chi connectivity index (χ3n) is 7.52. The van der Waals surface area contributed by atoms with Gasteiger partial charge in [-0.15, -0.1) is 0 Å². The Bertz CT molecular complexity index is 2020. The predicted octanol–water partition coefficient (Wildman–Crippen LogP) is 3.81. The van der Waals surface area contributed by atoms with Crippen molar-refractivity contribution in [2.45, 2.75) is 34.6 Å². The van der Waals surface area contributed by atoms with Crippen molar-refractivity contribution < 1.29 is 30.0 Å². The molecule has 0 unspecified atom stereocenters. The van der Waals surface area contributed by atoms with Crippen molar-refractivity contribution in [2.75, 3.05) is 29.7 Å². The van der Waals surface area contributed by atoms with Gasteiger partial charge in [0.15, 0.2) is 0 Å². The molecule has 0 radical (unpaired) electrons. The van der Waals surface area contributed by atoms with Gasteiger partial charge in [0.05, 0.1) is 14.7 Å². The molecule has 1 saturated heterocycles. The summed E-state index contributed by atoms with van der Waals surface area (Å²) in [6.45, 7) is 2.95. The first-order chi connectivity index (χ1) is 21.3. The van der Waals surface area contributed by atoms with Gasteiger partial charge in [-0.2, -0.15) is 8.61 Å². The van der Waals surface area contributed by atoms with Gasteiger partial charge in [0, 0.05) is 31.0 Å². The summed E-state index contributed by atoms with van der Waals surface area (Å²) in [5.74, 6) is -0.772. The van der Waals surface area contributed by atoms with Crippen molar-refractivity contribution in [3.05, 3.63) is 114 Å². The number of carbonyl (C=O) groups excluding carboxylic acids is 1. The number of benzene rings is 4. The third-order valence-corrected chi connectivity index (χ3v) is 12.7. The highest BCUT2D eigenvalue weighted by Crippen LogP contribution is 2.27. The summed E-state index contributed by atoms with van der Waals surface area (Å²) in [4.78, 5) is 13.6. The van der Waals surface area contributed by atoms with E-state index in [1.165, 1.54) is 48.5 Å². The smallest absolute Gasteiger partial charge is 0.261 e. The molecule has 1 heterocycles. The van der Waals surface area contributed by atoms with E-state index in [0.29, 0.717) is 5.69 Å². The van der Waals surface area contributed by atoms with E-state index in [1.54, 1.807) is 48.5 Å². The minimum Gasteiger partial charge on any atom is -0.325 e. The average molecular weight is 669 g/mol. The Kier molecular flexibility index (Phi) is 9.14. The zero-order valence-corrected chi connectivity index (χ0v) is 26.9. The summed E-state index contributed by atoms with van der Waals surface area (Å²) in [5, 5.41) is 2.64. The quantitative estimate of drug-likeness (QED) is 0.276. The fraction of sp³-hybridized carbons (Fsp3) is 0.194. The van der Waals surface area contributed by atoms with Crippen LogP contribution in [0, 0.1) is 13.8 Å². The van der Waals surface area contributed by atoms with Crippen LogP contribution in [0.15, 0.2) is 118 Å². The molecule has 1 amide bonds. The van der Waals surface area contributed by atoms with Crippen LogP contribution < -0.4 is 10.0 Å². The minimum atomic E-state index is -4.18. The number of hydrogen-bond donors (Lipinski definition) is 2. The van der Waals surface area contributed by atoms with Crippen LogP contribution in [0.2, 0.25) is 0 Å². The molecule has 4 aromatic rings. The lowest BCUT2D eigenvalue weighted by molar-refractivity contribution is -0.120. The second-order valence-electron chi connectivity index (χ2n) is 10.5. The molecule has 0 aromatic heterocycles. The number of hydrogen-bond acceptors (Lipinski definition) is 7. The number of piperazine rings is 1. The number of rotatable bonds is 9. The van der Waals surface area contributed by atoms with Gasteiger partial charge < -0.3 is 5.32 Å². The molecule has 1 fully saturated rings. The van der Waals surface area contributed by atoms with Gasteiger partial charge in [0.25, 0.3) is 10.0 Å². The molecule has 1 atom stereocenters. The first-order valence-electron chi connectivity index (χ1n) is 13.9. The van der Waals surface area contributed by atoms with Crippen LogP contribution in [0.4, 0.5) is 11.4 Å². The van der Waals surface area contributed by atoms with Crippen LogP contribution in [-0.4, -0.2) is 65.4 Å². The van der Waals surface area contributed by atoms with E-state index in [0.717, 1.165) is 19.7 Å². The molecule has 0 bridgehead atoms. The van der Waals surface area contributed by atoms with Gasteiger partial charge >= 0.3 is 0 Å². The molecular weight excluding hydrogens is 637 g/mol. The maximum Gasteiger partial charge on any atom is 0.261 e. The number of carbonyl (C=O) groups is 1. The lowest BCUT2D eigenvalue weighted by atomic mass is 10.1.